The van der Waals surface area contributed by atoms with E-state index in [1.165, 1.54) is 20.7 Å². The van der Waals surface area contributed by atoms with Gasteiger partial charge in [-0.3, -0.25) is 0 Å². The van der Waals surface area contributed by atoms with E-state index in [0.29, 0.717) is 17.5 Å². The molecule has 0 aliphatic rings. The summed E-state index contributed by atoms with van der Waals surface area (Å²) in [5.41, 5.74) is 6.61. The van der Waals surface area contributed by atoms with Crippen molar-refractivity contribution in [3.05, 3.63) is 212 Å². The van der Waals surface area contributed by atoms with Crippen LogP contribution in [-0.4, -0.2) is 23.0 Å². The topological polar surface area (TPSA) is 51.8 Å². The van der Waals surface area contributed by atoms with E-state index >= 15 is 0 Å². The summed E-state index contributed by atoms with van der Waals surface area (Å²) in [5.74, 6) is 1.86. The summed E-state index contributed by atoms with van der Waals surface area (Å²) in [6.07, 6.45) is 0. The predicted molar refractivity (Wildman–Crippen MR) is 232 cm³/mol. The summed E-state index contributed by atoms with van der Waals surface area (Å²) in [6.45, 7) is 0. The smallest absolute Gasteiger partial charge is 0.179 e. The zero-order valence-corrected chi connectivity index (χ0v) is 31.5. The van der Waals surface area contributed by atoms with E-state index in [9.17, 15) is 0 Å². The third-order valence-corrected chi connectivity index (χ3v) is 15.5. The van der Waals surface area contributed by atoms with Crippen LogP contribution in [0.5, 0.6) is 0 Å². The molecule has 2 heterocycles. The van der Waals surface area contributed by atoms with Crippen LogP contribution in [0.2, 0.25) is 0 Å². The standard InChI is InChI=1S/C51H35N3OSi/c1-6-16-37(17-7-1)49-52-50(38-18-8-2-9-19-38)54-51(53-49)40-29-33-46-45-32-28-39(34-47(45)55-48(46)35-40)36-26-30-44(31-27-36)56(41-20-10-3-11-21-41,42-22-12-4-13-23-42)43-24-14-5-15-25-43/h1-35H. The highest BCUT2D eigenvalue weighted by Crippen LogP contribution is 2.35. The van der Waals surface area contributed by atoms with E-state index in [4.69, 9.17) is 19.4 Å². The Kier molecular flexibility index (Phi) is 8.47. The maximum absolute atomic E-state index is 6.59. The number of hydrogen-bond donors (Lipinski definition) is 0. The zero-order chi connectivity index (χ0) is 37.3. The van der Waals surface area contributed by atoms with Gasteiger partial charge < -0.3 is 4.42 Å². The highest BCUT2D eigenvalue weighted by molar-refractivity contribution is 7.19. The molecule has 0 saturated heterocycles. The van der Waals surface area contributed by atoms with Gasteiger partial charge >= 0.3 is 0 Å². The van der Waals surface area contributed by atoms with Crippen LogP contribution in [0.25, 0.3) is 67.2 Å². The molecule has 56 heavy (non-hydrogen) atoms. The Morgan fingerprint density at radius 3 is 1.07 bits per heavy atom. The molecule has 0 spiro atoms. The highest BCUT2D eigenvalue weighted by Gasteiger charge is 2.41. The fourth-order valence-electron chi connectivity index (χ4n) is 8.01. The van der Waals surface area contributed by atoms with Gasteiger partial charge in [-0.2, -0.15) is 0 Å². The van der Waals surface area contributed by atoms with Gasteiger partial charge in [0.05, 0.1) is 0 Å². The lowest BCUT2D eigenvalue weighted by atomic mass is 10.0. The van der Waals surface area contributed by atoms with Crippen molar-refractivity contribution in [1.29, 1.82) is 0 Å². The van der Waals surface area contributed by atoms with Gasteiger partial charge in [-0.15, -0.1) is 0 Å². The second-order valence-corrected chi connectivity index (χ2v) is 17.8. The molecule has 4 nitrogen and oxygen atoms in total. The molecule has 8 aromatic carbocycles. The number of nitrogens with zero attached hydrogens (tertiary/aromatic N) is 3. The van der Waals surface area contributed by atoms with E-state index in [0.717, 1.165) is 49.8 Å². The molecule has 264 valence electrons. The molecule has 0 radical (unpaired) electrons. The summed E-state index contributed by atoms with van der Waals surface area (Å²) < 4.78 is 6.59. The van der Waals surface area contributed by atoms with Crippen LogP contribution in [0.3, 0.4) is 0 Å². The fourth-order valence-corrected chi connectivity index (χ4v) is 12.8. The average molecular weight is 734 g/mol. The second kappa shape index (κ2) is 14.2. The van der Waals surface area contributed by atoms with Crippen LogP contribution >= 0.6 is 0 Å². The summed E-state index contributed by atoms with van der Waals surface area (Å²) in [6, 6.07) is 75.1. The van der Waals surface area contributed by atoms with Gasteiger partial charge in [0.15, 0.2) is 25.5 Å². The van der Waals surface area contributed by atoms with Crippen LogP contribution in [0.4, 0.5) is 0 Å². The molecule has 10 aromatic rings. The quantitative estimate of drug-likeness (QED) is 0.115. The Morgan fingerprint density at radius 2 is 0.625 bits per heavy atom. The molecule has 5 heteroatoms. The third kappa shape index (κ3) is 5.91. The first kappa shape index (κ1) is 33.4. The number of benzene rings is 8. The molecule has 0 aliphatic heterocycles. The first-order valence-electron chi connectivity index (χ1n) is 18.9. The number of rotatable bonds is 8. The molecule has 0 fully saturated rings. The van der Waals surface area contributed by atoms with Crippen molar-refractivity contribution in [2.45, 2.75) is 0 Å². The van der Waals surface area contributed by atoms with Gasteiger partial charge in [-0.25, -0.2) is 15.0 Å². The van der Waals surface area contributed by atoms with E-state index in [1.807, 2.05) is 66.7 Å². The van der Waals surface area contributed by atoms with Crippen molar-refractivity contribution in [3.8, 4) is 45.3 Å². The number of aromatic nitrogens is 3. The van der Waals surface area contributed by atoms with E-state index < -0.39 is 8.07 Å². The van der Waals surface area contributed by atoms with Crippen LogP contribution in [0.15, 0.2) is 217 Å². The van der Waals surface area contributed by atoms with Gasteiger partial charge in [0.2, 0.25) is 0 Å². The Morgan fingerprint density at radius 1 is 0.286 bits per heavy atom. The van der Waals surface area contributed by atoms with Gasteiger partial charge in [-0.05, 0) is 56.1 Å². The van der Waals surface area contributed by atoms with Gasteiger partial charge in [-0.1, -0.05) is 188 Å². The van der Waals surface area contributed by atoms with Crippen LogP contribution in [-0.2, 0) is 0 Å². The van der Waals surface area contributed by atoms with Crippen molar-refractivity contribution in [2.75, 3.05) is 0 Å². The summed E-state index contributed by atoms with van der Waals surface area (Å²) in [7, 11) is -2.60. The molecule has 0 saturated carbocycles. The summed E-state index contributed by atoms with van der Waals surface area (Å²) in [4.78, 5) is 14.7. The molecule has 0 N–H and O–H groups in total. The van der Waals surface area contributed by atoms with E-state index in [2.05, 4.69) is 146 Å². The lowest BCUT2D eigenvalue weighted by molar-refractivity contribution is 0.669. The van der Waals surface area contributed by atoms with E-state index in [-0.39, 0.29) is 0 Å². The minimum absolute atomic E-state index is 0.599. The van der Waals surface area contributed by atoms with Gasteiger partial charge in [0, 0.05) is 27.5 Å². The maximum Gasteiger partial charge on any atom is 0.179 e. The van der Waals surface area contributed by atoms with Crippen molar-refractivity contribution in [3.63, 3.8) is 0 Å². The minimum Gasteiger partial charge on any atom is -0.456 e. The van der Waals surface area contributed by atoms with Gasteiger partial charge in [0.25, 0.3) is 0 Å². The maximum atomic E-state index is 6.59. The lowest BCUT2D eigenvalue weighted by Crippen LogP contribution is -2.74. The molecule has 0 atom stereocenters. The zero-order valence-electron chi connectivity index (χ0n) is 30.5. The predicted octanol–water partition coefficient (Wildman–Crippen LogP) is 9.82. The van der Waals surface area contributed by atoms with Crippen molar-refractivity contribution < 1.29 is 4.42 Å². The number of furan rings is 1. The van der Waals surface area contributed by atoms with Crippen LogP contribution in [0, 0.1) is 0 Å². The first-order chi connectivity index (χ1) is 27.7. The van der Waals surface area contributed by atoms with E-state index in [1.54, 1.807) is 0 Å². The third-order valence-electron chi connectivity index (χ3n) is 10.7. The summed E-state index contributed by atoms with van der Waals surface area (Å²) >= 11 is 0. The number of fused-ring (bicyclic) bond motifs is 3. The lowest BCUT2D eigenvalue weighted by Gasteiger charge is -2.34. The molecule has 0 aliphatic carbocycles. The highest BCUT2D eigenvalue weighted by atomic mass is 28.3. The van der Waals surface area contributed by atoms with Crippen molar-refractivity contribution in [2.24, 2.45) is 0 Å². The Hall–Kier alpha value is -7.21. The van der Waals surface area contributed by atoms with Crippen molar-refractivity contribution >= 4 is 50.8 Å². The second-order valence-electron chi connectivity index (χ2n) is 14.0. The molecule has 0 amide bonds. The minimum atomic E-state index is -2.60. The average Bonchev–Trinajstić information content (AvgIpc) is 3.66. The van der Waals surface area contributed by atoms with Crippen molar-refractivity contribution in [1.82, 2.24) is 15.0 Å². The molecule has 0 unspecified atom stereocenters. The summed E-state index contributed by atoms with van der Waals surface area (Å²) in [5, 5.41) is 7.54. The normalized spacial score (nSPS) is 11.6. The first-order valence-corrected chi connectivity index (χ1v) is 20.9. The Bertz CT molecular complexity index is 2780. The number of hydrogen-bond acceptors (Lipinski definition) is 4. The monoisotopic (exact) mass is 733 g/mol. The molecule has 10 rings (SSSR count). The molecule has 2 aromatic heterocycles. The molecular formula is C51H35N3OSi. The van der Waals surface area contributed by atoms with Gasteiger partial charge in [0.1, 0.15) is 11.2 Å². The fraction of sp³-hybridized carbons (Fsp3) is 0. The SMILES string of the molecule is c1ccc(-c2nc(-c3ccccc3)nc(-c3ccc4c(c3)oc3cc(-c5ccc([Si](c6ccccc6)(c6ccccc6)c6ccccc6)cc5)ccc34)n2)cc1. The Labute approximate surface area is 326 Å². The van der Waals surface area contributed by atoms with Crippen LogP contribution in [0.1, 0.15) is 0 Å². The molecule has 0 bridgehead atoms. The molecular weight excluding hydrogens is 699 g/mol. The largest absolute Gasteiger partial charge is 0.456 e. The Balaban J connectivity index is 1.04. The van der Waals surface area contributed by atoms with Crippen LogP contribution < -0.4 is 20.7 Å².